The van der Waals surface area contributed by atoms with E-state index < -0.39 is 35.3 Å². The summed E-state index contributed by atoms with van der Waals surface area (Å²) in [5.41, 5.74) is -3.66. The Morgan fingerprint density at radius 2 is 2.14 bits per heavy atom. The number of hydrogen-bond donors (Lipinski definition) is 1. The molecular weight excluding hydrogens is 299 g/mol. The molecule has 1 N–H and O–H groups in total. The Bertz CT molecular complexity index is 686. The Hall–Kier alpha value is -2.30. The average molecular weight is 313 g/mol. The van der Waals surface area contributed by atoms with E-state index in [-0.39, 0.29) is 5.92 Å². The fourth-order valence-electron chi connectivity index (χ4n) is 2.24. The number of hydrogen-bond acceptors (Lipinski definition) is 3. The fraction of sp³-hybridized carbons (Fsp3) is 0.500. The van der Waals surface area contributed by atoms with Crippen LogP contribution in [0, 0.1) is 17.2 Å². The van der Waals surface area contributed by atoms with E-state index in [2.05, 4.69) is 5.32 Å². The van der Waals surface area contributed by atoms with Gasteiger partial charge in [-0.25, -0.2) is 0 Å². The molecule has 0 saturated heterocycles. The van der Waals surface area contributed by atoms with Crippen LogP contribution in [0.3, 0.4) is 0 Å². The third kappa shape index (κ3) is 3.30. The lowest BCUT2D eigenvalue weighted by Crippen LogP contribution is -2.48. The van der Waals surface area contributed by atoms with Gasteiger partial charge in [0.1, 0.15) is 17.6 Å². The van der Waals surface area contributed by atoms with E-state index in [9.17, 15) is 22.8 Å². The highest BCUT2D eigenvalue weighted by Gasteiger charge is 2.43. The van der Waals surface area contributed by atoms with Crippen molar-refractivity contribution in [1.29, 1.82) is 5.26 Å². The van der Waals surface area contributed by atoms with Gasteiger partial charge in [0, 0.05) is 6.20 Å². The Morgan fingerprint density at radius 1 is 1.50 bits per heavy atom. The topological polar surface area (TPSA) is 74.9 Å². The van der Waals surface area contributed by atoms with Crippen molar-refractivity contribution in [3.63, 3.8) is 0 Å². The van der Waals surface area contributed by atoms with Gasteiger partial charge < -0.3 is 9.88 Å². The molecule has 1 aliphatic carbocycles. The molecule has 1 amide bonds. The molecule has 5 nitrogen and oxygen atoms in total. The first-order valence-corrected chi connectivity index (χ1v) is 6.66. The predicted molar refractivity (Wildman–Crippen MR) is 70.6 cm³/mol. The second-order valence-electron chi connectivity index (χ2n) is 5.49. The minimum absolute atomic E-state index is 0.0414. The van der Waals surface area contributed by atoms with E-state index >= 15 is 0 Å². The number of alkyl halides is 3. The Balaban J connectivity index is 2.16. The van der Waals surface area contributed by atoms with Gasteiger partial charge in [-0.2, -0.15) is 18.4 Å². The summed E-state index contributed by atoms with van der Waals surface area (Å²) in [6, 6.07) is 3.73. The maximum absolute atomic E-state index is 12.6. The van der Waals surface area contributed by atoms with E-state index in [0.717, 1.165) is 25.1 Å². The van der Waals surface area contributed by atoms with Gasteiger partial charge in [0.05, 0.1) is 6.07 Å². The molecule has 1 saturated carbocycles. The standard InChI is InChI=1S/C14H14F3N3O2/c1-13(8-18,9-4-5-9)19-11(21)7-20-6-2-3-10(12(20)22)14(15,16)17/h2-3,6,9H,4-5,7H2,1H3,(H,19,21). The second-order valence-corrected chi connectivity index (χ2v) is 5.49. The van der Waals surface area contributed by atoms with Gasteiger partial charge in [0.2, 0.25) is 5.91 Å². The number of rotatable bonds is 4. The highest BCUT2D eigenvalue weighted by Crippen LogP contribution is 2.39. The summed E-state index contributed by atoms with van der Waals surface area (Å²) in [5.74, 6) is -0.628. The van der Waals surface area contributed by atoms with Gasteiger partial charge in [0.15, 0.2) is 0 Å². The molecule has 22 heavy (non-hydrogen) atoms. The van der Waals surface area contributed by atoms with E-state index in [1.165, 1.54) is 0 Å². The number of carbonyl (C=O) groups excluding carboxylic acids is 1. The molecular formula is C14H14F3N3O2. The normalized spacial score (nSPS) is 17.4. The van der Waals surface area contributed by atoms with Crippen molar-refractivity contribution in [2.45, 2.75) is 38.0 Å². The van der Waals surface area contributed by atoms with Crippen LogP contribution in [-0.2, 0) is 17.5 Å². The summed E-state index contributed by atoms with van der Waals surface area (Å²) in [6.07, 6.45) is -2.04. The molecule has 1 aromatic rings. The fourth-order valence-corrected chi connectivity index (χ4v) is 2.24. The van der Waals surface area contributed by atoms with Crippen LogP contribution in [0.15, 0.2) is 23.1 Å². The van der Waals surface area contributed by atoms with Gasteiger partial charge >= 0.3 is 6.18 Å². The minimum Gasteiger partial charge on any atom is -0.336 e. The zero-order valence-electron chi connectivity index (χ0n) is 11.8. The maximum Gasteiger partial charge on any atom is 0.421 e. The highest BCUT2D eigenvalue weighted by atomic mass is 19.4. The predicted octanol–water partition coefficient (Wildman–Crippen LogP) is 1.68. The smallest absolute Gasteiger partial charge is 0.336 e. The molecule has 1 heterocycles. The number of halogens is 3. The summed E-state index contributed by atoms with van der Waals surface area (Å²) in [7, 11) is 0. The first-order chi connectivity index (χ1) is 10.2. The maximum atomic E-state index is 12.6. The molecule has 1 aromatic heterocycles. The SMILES string of the molecule is CC(C#N)(NC(=O)Cn1cccc(C(F)(F)F)c1=O)C1CC1. The molecule has 1 aliphatic rings. The van der Waals surface area contributed by atoms with E-state index in [1.807, 2.05) is 6.07 Å². The van der Waals surface area contributed by atoms with Crippen LogP contribution in [0.4, 0.5) is 13.2 Å². The number of nitriles is 1. The average Bonchev–Trinajstić information content (AvgIpc) is 3.24. The molecule has 0 spiro atoms. The summed E-state index contributed by atoms with van der Waals surface area (Å²) in [4.78, 5) is 23.7. The van der Waals surface area contributed by atoms with Crippen LogP contribution in [0.25, 0.3) is 0 Å². The molecule has 1 atom stereocenters. The first kappa shape index (κ1) is 16.1. The molecule has 118 valence electrons. The van der Waals surface area contributed by atoms with Crippen molar-refractivity contribution in [3.05, 3.63) is 34.2 Å². The van der Waals surface area contributed by atoms with Crippen molar-refractivity contribution >= 4 is 5.91 Å². The summed E-state index contributed by atoms with van der Waals surface area (Å²) in [6.45, 7) is 1.00. The van der Waals surface area contributed by atoms with Gasteiger partial charge in [-0.3, -0.25) is 9.59 Å². The lowest BCUT2D eigenvalue weighted by Gasteiger charge is -2.23. The summed E-state index contributed by atoms with van der Waals surface area (Å²) >= 11 is 0. The van der Waals surface area contributed by atoms with Crippen molar-refractivity contribution in [2.24, 2.45) is 5.92 Å². The van der Waals surface area contributed by atoms with Crippen LogP contribution >= 0.6 is 0 Å². The van der Waals surface area contributed by atoms with Gasteiger partial charge in [-0.15, -0.1) is 0 Å². The van der Waals surface area contributed by atoms with E-state index in [0.29, 0.717) is 10.6 Å². The Kier molecular flexibility index (Phi) is 4.00. The van der Waals surface area contributed by atoms with Crippen molar-refractivity contribution in [1.82, 2.24) is 9.88 Å². The zero-order valence-corrected chi connectivity index (χ0v) is 11.8. The molecule has 2 rings (SSSR count). The van der Waals surface area contributed by atoms with Crippen molar-refractivity contribution < 1.29 is 18.0 Å². The monoisotopic (exact) mass is 313 g/mol. The molecule has 1 unspecified atom stereocenters. The molecule has 0 radical (unpaired) electrons. The van der Waals surface area contributed by atoms with Crippen LogP contribution in [0.5, 0.6) is 0 Å². The first-order valence-electron chi connectivity index (χ1n) is 6.66. The zero-order chi connectivity index (χ0) is 16.5. The van der Waals surface area contributed by atoms with E-state index in [4.69, 9.17) is 5.26 Å². The number of pyridine rings is 1. The summed E-state index contributed by atoms with van der Waals surface area (Å²) in [5, 5.41) is 11.6. The summed E-state index contributed by atoms with van der Waals surface area (Å²) < 4.78 is 38.6. The third-order valence-electron chi connectivity index (χ3n) is 3.66. The van der Waals surface area contributed by atoms with E-state index in [1.54, 1.807) is 6.92 Å². The number of nitrogens with zero attached hydrogens (tertiary/aromatic N) is 2. The van der Waals surface area contributed by atoms with Crippen LogP contribution in [0.1, 0.15) is 25.3 Å². The van der Waals surface area contributed by atoms with Crippen LogP contribution < -0.4 is 10.9 Å². The number of amides is 1. The second kappa shape index (κ2) is 5.48. The Morgan fingerprint density at radius 3 is 2.64 bits per heavy atom. The van der Waals surface area contributed by atoms with Crippen LogP contribution in [-0.4, -0.2) is 16.0 Å². The number of aromatic nitrogens is 1. The van der Waals surface area contributed by atoms with Gasteiger partial charge in [0.25, 0.3) is 5.56 Å². The third-order valence-corrected chi connectivity index (χ3v) is 3.66. The lowest BCUT2D eigenvalue weighted by atomic mass is 9.98. The van der Waals surface area contributed by atoms with Crippen molar-refractivity contribution in [3.8, 4) is 6.07 Å². The van der Waals surface area contributed by atoms with Crippen molar-refractivity contribution in [2.75, 3.05) is 0 Å². The number of nitrogens with one attached hydrogen (secondary N) is 1. The molecule has 1 fully saturated rings. The molecule has 8 heteroatoms. The quantitative estimate of drug-likeness (QED) is 0.919. The Labute approximate surface area is 124 Å². The highest BCUT2D eigenvalue weighted by molar-refractivity contribution is 5.77. The van der Waals surface area contributed by atoms with Gasteiger partial charge in [-0.1, -0.05) is 0 Å². The lowest BCUT2D eigenvalue weighted by molar-refractivity contribution is -0.139. The molecule has 0 aromatic carbocycles. The largest absolute Gasteiger partial charge is 0.421 e. The van der Waals surface area contributed by atoms with Crippen LogP contribution in [0.2, 0.25) is 0 Å². The molecule has 0 aliphatic heterocycles. The number of carbonyl (C=O) groups is 1. The molecule has 0 bridgehead atoms. The van der Waals surface area contributed by atoms with Gasteiger partial charge in [-0.05, 0) is 37.8 Å². The minimum atomic E-state index is -4.77.